The summed E-state index contributed by atoms with van der Waals surface area (Å²) in [5.74, 6) is 0.196. The van der Waals surface area contributed by atoms with E-state index in [0.717, 1.165) is 30.5 Å². The first kappa shape index (κ1) is 9.40. The van der Waals surface area contributed by atoms with Gasteiger partial charge in [-0.25, -0.2) is 0 Å². The van der Waals surface area contributed by atoms with E-state index < -0.39 is 0 Å². The average molecular weight is 194 g/mol. The Morgan fingerprint density at radius 2 is 2.21 bits per heavy atom. The van der Waals surface area contributed by atoms with Crippen molar-refractivity contribution in [1.29, 1.82) is 0 Å². The highest BCUT2D eigenvalue weighted by molar-refractivity contribution is 5.97. The Labute approximate surface area is 82.5 Å². The summed E-state index contributed by atoms with van der Waals surface area (Å²) >= 11 is 0. The van der Waals surface area contributed by atoms with E-state index in [0.29, 0.717) is 13.0 Å². The van der Waals surface area contributed by atoms with E-state index in [1.54, 1.807) is 10.9 Å². The molecular weight excluding hydrogens is 180 g/mol. The highest BCUT2D eigenvalue weighted by Gasteiger charge is 2.19. The fourth-order valence-corrected chi connectivity index (χ4v) is 1.91. The Balaban J connectivity index is 2.34. The molecule has 1 aliphatic carbocycles. The Hall–Kier alpha value is -1.16. The van der Waals surface area contributed by atoms with Gasteiger partial charge in [0.15, 0.2) is 5.78 Å². The monoisotopic (exact) mass is 194 g/mol. The molecule has 0 aromatic carbocycles. The van der Waals surface area contributed by atoms with Crippen molar-refractivity contribution in [3.63, 3.8) is 0 Å². The number of fused-ring (bicyclic) bond motifs is 1. The number of ketones is 1. The topological polar surface area (TPSA) is 55.1 Å². The van der Waals surface area contributed by atoms with E-state index in [2.05, 4.69) is 5.10 Å². The summed E-state index contributed by atoms with van der Waals surface area (Å²) < 4.78 is 1.75. The number of Topliss-reactive ketones (excluding diaryl/α,β-unsaturated/α-hetero) is 1. The van der Waals surface area contributed by atoms with Gasteiger partial charge in [0, 0.05) is 12.1 Å². The molecule has 1 N–H and O–H groups in total. The van der Waals surface area contributed by atoms with Crippen LogP contribution in [0.5, 0.6) is 0 Å². The molecule has 0 saturated heterocycles. The molecule has 1 aromatic rings. The minimum atomic E-state index is 0.0717. The van der Waals surface area contributed by atoms with E-state index >= 15 is 0 Å². The Morgan fingerprint density at radius 3 is 3.00 bits per heavy atom. The summed E-state index contributed by atoms with van der Waals surface area (Å²) in [6.45, 7) is 0.560. The quantitative estimate of drug-likeness (QED) is 0.708. The maximum Gasteiger partial charge on any atom is 0.166 e. The molecule has 0 atom stereocenters. The minimum Gasteiger partial charge on any atom is -0.394 e. The number of hydrogen-bond donors (Lipinski definition) is 1. The normalized spacial score (nSPS) is 16.5. The molecule has 0 saturated carbocycles. The molecule has 0 unspecified atom stereocenters. The van der Waals surface area contributed by atoms with Crippen LogP contribution in [0.15, 0.2) is 6.20 Å². The number of aliphatic hydroxyl groups excluding tert-OH is 1. The van der Waals surface area contributed by atoms with Crippen LogP contribution in [0.4, 0.5) is 0 Å². The molecule has 0 spiro atoms. The third-order valence-corrected chi connectivity index (χ3v) is 2.63. The molecule has 14 heavy (non-hydrogen) atoms. The predicted molar refractivity (Wildman–Crippen MR) is 51.2 cm³/mol. The number of carbonyl (C=O) groups excluding carboxylic acids is 1. The van der Waals surface area contributed by atoms with Gasteiger partial charge in [-0.05, 0) is 19.3 Å². The first-order valence-electron chi connectivity index (χ1n) is 5.01. The summed E-state index contributed by atoms with van der Waals surface area (Å²) in [7, 11) is 0. The third kappa shape index (κ3) is 1.57. The number of carbonyl (C=O) groups is 1. The molecule has 4 nitrogen and oxygen atoms in total. The Kier molecular flexibility index (Phi) is 2.63. The highest BCUT2D eigenvalue weighted by Crippen LogP contribution is 2.19. The van der Waals surface area contributed by atoms with Gasteiger partial charge in [0.25, 0.3) is 0 Å². The number of nitrogens with zero attached hydrogens (tertiary/aromatic N) is 2. The number of aromatic nitrogens is 2. The molecule has 0 aliphatic heterocycles. The van der Waals surface area contributed by atoms with Gasteiger partial charge in [0.2, 0.25) is 0 Å². The predicted octanol–water partition coefficient (Wildman–Crippen LogP) is 0.784. The zero-order valence-electron chi connectivity index (χ0n) is 8.07. The van der Waals surface area contributed by atoms with Gasteiger partial charge >= 0.3 is 0 Å². The molecule has 0 amide bonds. The van der Waals surface area contributed by atoms with Gasteiger partial charge in [0.1, 0.15) is 0 Å². The van der Waals surface area contributed by atoms with Crippen molar-refractivity contribution in [2.75, 3.05) is 6.61 Å². The van der Waals surface area contributed by atoms with Crippen molar-refractivity contribution in [2.45, 2.75) is 32.2 Å². The standard InChI is InChI=1S/C10H14N2O2/c13-6-5-12-9-3-1-2-4-10(14)8(9)7-11-12/h7,13H,1-6H2. The fraction of sp³-hybridized carbons (Fsp3) is 0.600. The zero-order valence-corrected chi connectivity index (χ0v) is 8.07. The van der Waals surface area contributed by atoms with Crippen LogP contribution < -0.4 is 0 Å². The Morgan fingerprint density at radius 1 is 1.43 bits per heavy atom. The summed E-state index contributed by atoms with van der Waals surface area (Å²) in [6.07, 6.45) is 5.18. The van der Waals surface area contributed by atoms with E-state index in [1.807, 2.05) is 0 Å². The van der Waals surface area contributed by atoms with Crippen LogP contribution in [-0.4, -0.2) is 27.3 Å². The van der Waals surface area contributed by atoms with Crippen molar-refractivity contribution in [3.8, 4) is 0 Å². The van der Waals surface area contributed by atoms with Crippen molar-refractivity contribution in [2.24, 2.45) is 0 Å². The molecule has 0 fully saturated rings. The lowest BCUT2D eigenvalue weighted by Gasteiger charge is -2.04. The molecule has 1 aromatic heterocycles. The molecule has 4 heteroatoms. The third-order valence-electron chi connectivity index (χ3n) is 2.63. The highest BCUT2D eigenvalue weighted by atomic mass is 16.3. The second-order valence-corrected chi connectivity index (χ2v) is 3.58. The molecule has 1 heterocycles. The second-order valence-electron chi connectivity index (χ2n) is 3.58. The van der Waals surface area contributed by atoms with Gasteiger partial charge in [0.05, 0.1) is 24.9 Å². The smallest absolute Gasteiger partial charge is 0.166 e. The molecule has 1 aliphatic rings. The van der Waals surface area contributed by atoms with Gasteiger partial charge in [-0.1, -0.05) is 0 Å². The van der Waals surface area contributed by atoms with E-state index in [-0.39, 0.29) is 12.4 Å². The first-order chi connectivity index (χ1) is 6.83. The van der Waals surface area contributed by atoms with Crippen molar-refractivity contribution < 1.29 is 9.90 Å². The average Bonchev–Trinajstić information content (AvgIpc) is 2.47. The molecule has 76 valence electrons. The summed E-state index contributed by atoms with van der Waals surface area (Å²) in [6, 6.07) is 0. The number of rotatable bonds is 2. The van der Waals surface area contributed by atoms with Crippen LogP contribution >= 0.6 is 0 Å². The van der Waals surface area contributed by atoms with Gasteiger partial charge < -0.3 is 5.11 Å². The first-order valence-corrected chi connectivity index (χ1v) is 5.01. The van der Waals surface area contributed by atoms with Gasteiger partial charge in [-0.15, -0.1) is 0 Å². The Bertz CT molecular complexity index is 344. The van der Waals surface area contributed by atoms with Crippen LogP contribution in [0, 0.1) is 0 Å². The molecule has 0 bridgehead atoms. The van der Waals surface area contributed by atoms with E-state index in [9.17, 15) is 4.79 Å². The van der Waals surface area contributed by atoms with Crippen molar-refractivity contribution in [1.82, 2.24) is 9.78 Å². The van der Waals surface area contributed by atoms with Crippen LogP contribution in [0.25, 0.3) is 0 Å². The number of aliphatic hydroxyl groups is 1. The fourth-order valence-electron chi connectivity index (χ4n) is 1.91. The van der Waals surface area contributed by atoms with E-state index in [4.69, 9.17) is 5.11 Å². The number of hydrogen-bond acceptors (Lipinski definition) is 3. The lowest BCUT2D eigenvalue weighted by molar-refractivity contribution is 0.0982. The summed E-state index contributed by atoms with van der Waals surface area (Å²) in [5.41, 5.74) is 1.76. The SMILES string of the molecule is O=C1CCCCc2c1cnn2CCO. The lowest BCUT2D eigenvalue weighted by Crippen LogP contribution is -2.09. The van der Waals surface area contributed by atoms with Crippen molar-refractivity contribution >= 4 is 5.78 Å². The lowest BCUT2D eigenvalue weighted by atomic mass is 10.1. The van der Waals surface area contributed by atoms with E-state index in [1.165, 1.54) is 0 Å². The summed E-state index contributed by atoms with van der Waals surface area (Å²) in [5, 5.41) is 12.9. The van der Waals surface area contributed by atoms with Crippen molar-refractivity contribution in [3.05, 3.63) is 17.5 Å². The van der Waals surface area contributed by atoms with Crippen LogP contribution in [0.3, 0.4) is 0 Å². The van der Waals surface area contributed by atoms with Crippen LogP contribution in [0.1, 0.15) is 35.3 Å². The minimum absolute atomic E-state index is 0.0717. The summed E-state index contributed by atoms with van der Waals surface area (Å²) in [4.78, 5) is 11.6. The molecular formula is C10H14N2O2. The van der Waals surface area contributed by atoms with Gasteiger partial charge in [-0.3, -0.25) is 9.48 Å². The molecule has 0 radical (unpaired) electrons. The zero-order chi connectivity index (χ0) is 9.97. The maximum atomic E-state index is 11.6. The van der Waals surface area contributed by atoms with Gasteiger partial charge in [-0.2, -0.15) is 5.10 Å². The maximum absolute atomic E-state index is 11.6. The molecule has 2 rings (SSSR count). The van der Waals surface area contributed by atoms with Crippen LogP contribution in [-0.2, 0) is 13.0 Å². The largest absolute Gasteiger partial charge is 0.394 e. The van der Waals surface area contributed by atoms with Crippen LogP contribution in [0.2, 0.25) is 0 Å². The second kappa shape index (κ2) is 3.92.